The SMILES string of the molecule is CNC(=O)[C@@H]1OC(n2cnc3c(NCc4ccccc4)nc(-c4cncc(NC(C)C)c4)nc32)C(O)C1O. The van der Waals surface area contributed by atoms with Crippen molar-refractivity contribution in [3.05, 3.63) is 60.7 Å². The number of aliphatic hydroxyl groups is 2. The molecule has 198 valence electrons. The first-order valence-electron chi connectivity index (χ1n) is 12.3. The predicted octanol–water partition coefficient (Wildman–Crippen LogP) is 1.69. The van der Waals surface area contributed by atoms with E-state index in [0.717, 1.165) is 11.3 Å². The van der Waals surface area contributed by atoms with Crippen molar-refractivity contribution in [2.24, 2.45) is 0 Å². The Kier molecular flexibility index (Phi) is 7.18. The molecule has 0 spiro atoms. The lowest BCUT2D eigenvalue weighted by Gasteiger charge is -2.17. The molecule has 4 aromatic rings. The van der Waals surface area contributed by atoms with Gasteiger partial charge in [-0.1, -0.05) is 30.3 Å². The van der Waals surface area contributed by atoms with Crippen LogP contribution in [0.2, 0.25) is 0 Å². The Labute approximate surface area is 219 Å². The van der Waals surface area contributed by atoms with E-state index in [4.69, 9.17) is 14.7 Å². The molecule has 5 N–H and O–H groups in total. The van der Waals surface area contributed by atoms with E-state index in [9.17, 15) is 15.0 Å². The van der Waals surface area contributed by atoms with Gasteiger partial charge in [0.05, 0.1) is 12.0 Å². The highest BCUT2D eigenvalue weighted by Gasteiger charge is 2.47. The van der Waals surface area contributed by atoms with Crippen LogP contribution in [0.5, 0.6) is 0 Å². The molecule has 1 aromatic carbocycles. The first kappa shape index (κ1) is 25.5. The highest BCUT2D eigenvalue weighted by molar-refractivity contribution is 5.85. The Balaban J connectivity index is 1.58. The number of carbonyl (C=O) groups excluding carboxylic acids is 1. The van der Waals surface area contributed by atoms with Gasteiger partial charge in [0.25, 0.3) is 5.91 Å². The first-order chi connectivity index (χ1) is 18.4. The number of hydrogen-bond acceptors (Lipinski definition) is 10. The fourth-order valence-corrected chi connectivity index (χ4v) is 4.36. The van der Waals surface area contributed by atoms with Crippen LogP contribution >= 0.6 is 0 Å². The maximum Gasteiger partial charge on any atom is 0.251 e. The van der Waals surface area contributed by atoms with E-state index in [2.05, 4.69) is 25.9 Å². The highest BCUT2D eigenvalue weighted by Crippen LogP contribution is 2.34. The van der Waals surface area contributed by atoms with Gasteiger partial charge in [-0.05, 0) is 25.5 Å². The summed E-state index contributed by atoms with van der Waals surface area (Å²) >= 11 is 0. The Hall–Kier alpha value is -4.13. The molecule has 4 heterocycles. The summed E-state index contributed by atoms with van der Waals surface area (Å²) in [5, 5.41) is 30.3. The third kappa shape index (κ3) is 5.01. The number of likely N-dealkylation sites (N-methyl/N-ethyl adjacent to an activating group) is 1. The van der Waals surface area contributed by atoms with Gasteiger partial charge < -0.3 is 30.9 Å². The maximum atomic E-state index is 12.2. The second-order valence-corrected chi connectivity index (χ2v) is 9.36. The maximum absolute atomic E-state index is 12.2. The van der Waals surface area contributed by atoms with Crippen molar-refractivity contribution in [1.29, 1.82) is 0 Å². The Morgan fingerprint density at radius 1 is 1.13 bits per heavy atom. The average molecular weight is 519 g/mol. The van der Waals surface area contributed by atoms with Crippen molar-refractivity contribution in [2.45, 2.75) is 51.0 Å². The first-order valence-corrected chi connectivity index (χ1v) is 12.3. The van der Waals surface area contributed by atoms with Crippen molar-refractivity contribution in [3.8, 4) is 11.4 Å². The summed E-state index contributed by atoms with van der Waals surface area (Å²) < 4.78 is 7.29. The summed E-state index contributed by atoms with van der Waals surface area (Å²) in [6.45, 7) is 4.56. The number of amides is 1. The van der Waals surface area contributed by atoms with Crippen LogP contribution in [-0.2, 0) is 16.1 Å². The van der Waals surface area contributed by atoms with Gasteiger partial charge in [-0.3, -0.25) is 14.3 Å². The van der Waals surface area contributed by atoms with E-state index in [0.29, 0.717) is 34.9 Å². The molecule has 38 heavy (non-hydrogen) atoms. The molecule has 1 fully saturated rings. The molecule has 3 unspecified atom stereocenters. The van der Waals surface area contributed by atoms with E-state index >= 15 is 0 Å². The van der Waals surface area contributed by atoms with Crippen LogP contribution in [-0.4, -0.2) is 72.0 Å². The normalized spacial score (nSPS) is 21.1. The van der Waals surface area contributed by atoms with Gasteiger partial charge in [0, 0.05) is 37.6 Å². The van der Waals surface area contributed by atoms with Crippen molar-refractivity contribution in [1.82, 2.24) is 29.8 Å². The fourth-order valence-electron chi connectivity index (χ4n) is 4.36. The van der Waals surface area contributed by atoms with Gasteiger partial charge in [0.15, 0.2) is 35.1 Å². The number of carbonyl (C=O) groups is 1. The van der Waals surface area contributed by atoms with E-state index in [-0.39, 0.29) is 6.04 Å². The number of fused-ring (bicyclic) bond motifs is 1. The number of hydrogen-bond donors (Lipinski definition) is 5. The Morgan fingerprint density at radius 3 is 2.66 bits per heavy atom. The lowest BCUT2D eigenvalue weighted by atomic mass is 10.1. The van der Waals surface area contributed by atoms with Crippen LogP contribution in [0, 0.1) is 0 Å². The molecule has 1 saturated heterocycles. The zero-order valence-electron chi connectivity index (χ0n) is 21.2. The topological polar surface area (TPSA) is 159 Å². The fraction of sp³-hybridized carbons (Fsp3) is 0.346. The van der Waals surface area contributed by atoms with E-state index in [1.54, 1.807) is 12.4 Å². The molecule has 0 saturated carbocycles. The molecule has 0 radical (unpaired) electrons. The number of anilines is 2. The summed E-state index contributed by atoms with van der Waals surface area (Å²) in [7, 11) is 1.44. The smallest absolute Gasteiger partial charge is 0.251 e. The van der Waals surface area contributed by atoms with Gasteiger partial charge in [0.1, 0.15) is 12.2 Å². The molecular formula is C26H30N8O4. The molecule has 1 aliphatic heterocycles. The number of ether oxygens (including phenoxy) is 1. The number of nitrogens with one attached hydrogen (secondary N) is 3. The van der Waals surface area contributed by atoms with Crippen molar-refractivity contribution in [2.75, 3.05) is 17.7 Å². The monoisotopic (exact) mass is 518 g/mol. The number of pyridine rings is 1. The van der Waals surface area contributed by atoms with Gasteiger partial charge in [-0.25, -0.2) is 15.0 Å². The summed E-state index contributed by atoms with van der Waals surface area (Å²) in [6, 6.07) is 12.0. The molecule has 3 aromatic heterocycles. The summed E-state index contributed by atoms with van der Waals surface area (Å²) in [5.41, 5.74) is 3.35. The number of aliphatic hydroxyl groups excluding tert-OH is 2. The molecule has 5 rings (SSSR count). The summed E-state index contributed by atoms with van der Waals surface area (Å²) in [6.07, 6.45) is -0.277. The van der Waals surface area contributed by atoms with Crippen molar-refractivity contribution >= 4 is 28.6 Å². The second kappa shape index (κ2) is 10.7. The molecule has 12 heteroatoms. The zero-order chi connectivity index (χ0) is 26.8. The average Bonchev–Trinajstić information content (AvgIpc) is 3.47. The summed E-state index contributed by atoms with van der Waals surface area (Å²) in [5.74, 6) is 0.320. The van der Waals surface area contributed by atoms with Crippen LogP contribution in [0.4, 0.5) is 11.5 Å². The van der Waals surface area contributed by atoms with Crippen LogP contribution < -0.4 is 16.0 Å². The molecule has 4 atom stereocenters. The van der Waals surface area contributed by atoms with Crippen LogP contribution in [0.3, 0.4) is 0 Å². The number of imidazole rings is 1. The lowest BCUT2D eigenvalue weighted by molar-refractivity contribution is -0.137. The zero-order valence-corrected chi connectivity index (χ0v) is 21.2. The van der Waals surface area contributed by atoms with Crippen molar-refractivity contribution in [3.63, 3.8) is 0 Å². The second-order valence-electron chi connectivity index (χ2n) is 9.36. The minimum Gasteiger partial charge on any atom is -0.387 e. The molecule has 0 bridgehead atoms. The third-order valence-corrected chi connectivity index (χ3v) is 6.19. The number of aromatic nitrogens is 5. The van der Waals surface area contributed by atoms with Gasteiger partial charge >= 0.3 is 0 Å². The molecule has 12 nitrogen and oxygen atoms in total. The van der Waals surface area contributed by atoms with Crippen LogP contribution in [0.15, 0.2) is 55.1 Å². The van der Waals surface area contributed by atoms with Crippen molar-refractivity contribution < 1.29 is 19.7 Å². The number of nitrogens with zero attached hydrogens (tertiary/aromatic N) is 5. The largest absolute Gasteiger partial charge is 0.387 e. The number of benzene rings is 1. The Bertz CT molecular complexity index is 1430. The minimum absolute atomic E-state index is 0.209. The molecule has 1 amide bonds. The minimum atomic E-state index is -1.42. The molecule has 1 aliphatic rings. The predicted molar refractivity (Wildman–Crippen MR) is 141 cm³/mol. The van der Waals surface area contributed by atoms with Gasteiger partial charge in [-0.15, -0.1) is 0 Å². The summed E-state index contributed by atoms with van der Waals surface area (Å²) in [4.78, 5) is 30.5. The number of rotatable bonds is 8. The molecule has 0 aliphatic carbocycles. The Morgan fingerprint density at radius 2 is 1.92 bits per heavy atom. The van der Waals surface area contributed by atoms with E-state index in [1.807, 2.05) is 50.2 Å². The highest BCUT2D eigenvalue weighted by atomic mass is 16.6. The van der Waals surface area contributed by atoms with E-state index in [1.165, 1.54) is 17.9 Å². The lowest BCUT2D eigenvalue weighted by Crippen LogP contribution is -2.41. The quantitative estimate of drug-likeness (QED) is 0.232. The van der Waals surface area contributed by atoms with Gasteiger partial charge in [-0.2, -0.15) is 0 Å². The van der Waals surface area contributed by atoms with Crippen LogP contribution in [0.1, 0.15) is 25.6 Å². The van der Waals surface area contributed by atoms with Crippen LogP contribution in [0.25, 0.3) is 22.6 Å². The van der Waals surface area contributed by atoms with Gasteiger partial charge in [0.2, 0.25) is 0 Å². The standard InChI is InChI=1S/C26H30N8O4/c1-14(2)31-17-9-16(11-28-12-17)22-32-23(29-10-15-7-5-4-6-8-15)18-24(33-22)34(13-30-18)26-20(36)19(35)21(38-26)25(37)27-3/h4-9,11-14,19-21,26,31,35-36H,10H2,1-3H3,(H,27,37)(H,29,32,33)/t19?,20?,21-,26?/m1/s1. The third-order valence-electron chi connectivity index (χ3n) is 6.19. The molecular weight excluding hydrogens is 488 g/mol. The van der Waals surface area contributed by atoms with E-state index < -0.39 is 30.4 Å².